The molecule has 0 amide bonds. The molecule has 5 rings (SSSR count). The van der Waals surface area contributed by atoms with Crippen LogP contribution in [-0.2, 0) is 6.61 Å². The van der Waals surface area contributed by atoms with E-state index in [-0.39, 0.29) is 23.8 Å². The number of nitrogens with zero attached hydrogens (tertiary/aromatic N) is 4. The van der Waals surface area contributed by atoms with Crippen LogP contribution >= 0.6 is 0 Å². The van der Waals surface area contributed by atoms with Gasteiger partial charge in [0.25, 0.3) is 11.2 Å². The zero-order chi connectivity index (χ0) is 31.4. The third-order valence-corrected chi connectivity index (χ3v) is 7.27. The number of hydrogen-bond donors (Lipinski definition) is 0. The first-order chi connectivity index (χ1) is 21.2. The van der Waals surface area contributed by atoms with Gasteiger partial charge in [-0.2, -0.15) is 9.78 Å². The molecule has 5 aromatic rings. The van der Waals surface area contributed by atoms with E-state index in [2.05, 4.69) is 18.9 Å². The fourth-order valence-corrected chi connectivity index (χ4v) is 5.04. The molecule has 0 aliphatic rings. The van der Waals surface area contributed by atoms with Crippen molar-refractivity contribution in [2.75, 3.05) is 6.61 Å². The maximum absolute atomic E-state index is 13.9. The van der Waals surface area contributed by atoms with Crippen LogP contribution in [-0.4, -0.2) is 27.4 Å². The second-order valence-electron chi connectivity index (χ2n) is 10.9. The lowest BCUT2D eigenvalue weighted by Crippen LogP contribution is -2.21. The van der Waals surface area contributed by atoms with Gasteiger partial charge in [0.2, 0.25) is 0 Å². The van der Waals surface area contributed by atoms with E-state index in [0.717, 1.165) is 33.6 Å². The van der Waals surface area contributed by atoms with Crippen molar-refractivity contribution in [3.63, 3.8) is 0 Å². The lowest BCUT2D eigenvalue weighted by Gasteiger charge is -2.18. The summed E-state index contributed by atoms with van der Waals surface area (Å²) in [5.74, 6) is 1.68. The summed E-state index contributed by atoms with van der Waals surface area (Å²) >= 11 is 0. The van der Waals surface area contributed by atoms with Gasteiger partial charge in [-0.15, -0.1) is 0 Å². The van der Waals surface area contributed by atoms with Crippen molar-refractivity contribution < 1.29 is 14.4 Å². The number of rotatable bonds is 10. The van der Waals surface area contributed by atoms with Gasteiger partial charge in [0.1, 0.15) is 18.1 Å². The molecule has 0 saturated carbocycles. The maximum atomic E-state index is 13.9. The van der Waals surface area contributed by atoms with Crippen LogP contribution < -0.4 is 15.0 Å². The monoisotopic (exact) mass is 590 g/mol. The van der Waals surface area contributed by atoms with Crippen molar-refractivity contribution in [1.82, 2.24) is 9.66 Å². The average molecular weight is 591 g/mol. The van der Waals surface area contributed by atoms with Gasteiger partial charge >= 0.3 is 0 Å². The predicted molar refractivity (Wildman–Crippen MR) is 173 cm³/mol. The molecule has 0 unspecified atom stereocenters. The predicted octanol–water partition coefficient (Wildman–Crippen LogP) is 7.57. The minimum Gasteiger partial charge on any atom is -0.494 e. The Bertz CT molecular complexity index is 1940. The van der Waals surface area contributed by atoms with Crippen molar-refractivity contribution >= 4 is 22.8 Å². The molecule has 0 spiro atoms. The molecule has 0 aliphatic carbocycles. The van der Waals surface area contributed by atoms with E-state index in [1.807, 2.05) is 63.2 Å². The first kappa shape index (κ1) is 30.2. The molecule has 0 N–H and O–H groups in total. The van der Waals surface area contributed by atoms with E-state index >= 15 is 0 Å². The summed E-state index contributed by atoms with van der Waals surface area (Å²) in [5, 5.41) is 16.6. The highest BCUT2D eigenvalue weighted by atomic mass is 16.6. The van der Waals surface area contributed by atoms with E-state index in [1.165, 1.54) is 23.0 Å². The molecule has 0 radical (unpaired) electrons. The van der Waals surface area contributed by atoms with Crippen LogP contribution in [0.1, 0.15) is 54.5 Å². The first-order valence-corrected chi connectivity index (χ1v) is 14.5. The standard InChI is InChI=1S/C35H34N4O5/c1-6-43-33-17-24(5)30(19-29(33)22(2)3)34-37-31-13-8-7-12-28(31)35(40)38(34)36-20-26-18-27(39(41)42)14-15-32(26)44-21-25-11-9-10-23(4)16-25/h7-20,22H,6,21H2,1-5H3. The Morgan fingerprint density at radius 1 is 0.977 bits per heavy atom. The van der Waals surface area contributed by atoms with E-state index in [0.29, 0.717) is 34.6 Å². The summed E-state index contributed by atoms with van der Waals surface area (Å²) in [4.78, 5) is 29.9. The van der Waals surface area contributed by atoms with Gasteiger partial charge in [-0.05, 0) is 73.7 Å². The van der Waals surface area contributed by atoms with Crippen LogP contribution in [0.15, 0.2) is 88.8 Å². The molecule has 9 nitrogen and oxygen atoms in total. The molecule has 1 aromatic heterocycles. The Kier molecular flexibility index (Phi) is 8.85. The van der Waals surface area contributed by atoms with Crippen LogP contribution in [0.4, 0.5) is 5.69 Å². The van der Waals surface area contributed by atoms with Crippen molar-refractivity contribution in [3.05, 3.63) is 127 Å². The Hall–Kier alpha value is -5.31. The highest BCUT2D eigenvalue weighted by Crippen LogP contribution is 2.34. The van der Waals surface area contributed by atoms with Crippen LogP contribution in [0.2, 0.25) is 0 Å². The number of fused-ring (bicyclic) bond motifs is 1. The van der Waals surface area contributed by atoms with E-state index in [4.69, 9.17) is 14.5 Å². The molecule has 224 valence electrons. The van der Waals surface area contributed by atoms with Crippen molar-refractivity contribution in [1.29, 1.82) is 0 Å². The first-order valence-electron chi connectivity index (χ1n) is 14.5. The summed E-state index contributed by atoms with van der Waals surface area (Å²) in [6, 6.07) is 23.3. The molecule has 9 heteroatoms. The second-order valence-corrected chi connectivity index (χ2v) is 10.9. The van der Waals surface area contributed by atoms with Gasteiger partial charge in [0.05, 0.1) is 28.6 Å². The third-order valence-electron chi connectivity index (χ3n) is 7.27. The molecule has 0 bridgehead atoms. The minimum absolute atomic E-state index is 0.123. The van der Waals surface area contributed by atoms with Crippen LogP contribution in [0.25, 0.3) is 22.3 Å². The smallest absolute Gasteiger partial charge is 0.282 e. The molecule has 0 fully saturated rings. The zero-order valence-electron chi connectivity index (χ0n) is 25.4. The average Bonchev–Trinajstić information content (AvgIpc) is 3.00. The number of hydrogen-bond acceptors (Lipinski definition) is 7. The number of aromatic nitrogens is 2. The molecular weight excluding hydrogens is 556 g/mol. The SMILES string of the molecule is CCOc1cc(C)c(-c2nc3ccccc3c(=O)n2N=Cc2cc([N+](=O)[O-])ccc2OCc2cccc(C)c2)cc1C(C)C. The molecule has 0 saturated heterocycles. The summed E-state index contributed by atoms with van der Waals surface area (Å²) in [5.41, 5.74) is 5.02. The van der Waals surface area contributed by atoms with Gasteiger partial charge < -0.3 is 9.47 Å². The number of nitro groups is 1. The van der Waals surface area contributed by atoms with Gasteiger partial charge in [0.15, 0.2) is 5.82 Å². The molecule has 4 aromatic carbocycles. The fourth-order valence-electron chi connectivity index (χ4n) is 5.04. The minimum atomic E-state index is -0.479. The Balaban J connectivity index is 1.66. The second kappa shape index (κ2) is 12.9. The summed E-state index contributed by atoms with van der Waals surface area (Å²) < 4.78 is 13.2. The zero-order valence-corrected chi connectivity index (χ0v) is 25.4. The topological polar surface area (TPSA) is 109 Å². The molecule has 0 atom stereocenters. The lowest BCUT2D eigenvalue weighted by atomic mass is 9.96. The largest absolute Gasteiger partial charge is 0.494 e. The summed E-state index contributed by atoms with van der Waals surface area (Å²) in [6.07, 6.45) is 1.41. The Morgan fingerprint density at radius 3 is 2.50 bits per heavy atom. The Morgan fingerprint density at radius 2 is 1.77 bits per heavy atom. The number of ether oxygens (including phenoxy) is 2. The third kappa shape index (κ3) is 6.36. The quantitative estimate of drug-likeness (QED) is 0.0943. The van der Waals surface area contributed by atoms with Crippen LogP contribution in [0.3, 0.4) is 0 Å². The lowest BCUT2D eigenvalue weighted by molar-refractivity contribution is -0.384. The van der Waals surface area contributed by atoms with E-state index in [1.54, 1.807) is 24.3 Å². The molecular formula is C35H34N4O5. The number of non-ortho nitro benzene ring substituents is 1. The number of aryl methyl sites for hydroxylation is 2. The number of nitro benzene ring substituents is 1. The highest BCUT2D eigenvalue weighted by Gasteiger charge is 2.19. The molecule has 0 aliphatic heterocycles. The van der Waals surface area contributed by atoms with Gasteiger partial charge in [-0.1, -0.05) is 55.8 Å². The van der Waals surface area contributed by atoms with Crippen molar-refractivity contribution in [3.8, 4) is 22.9 Å². The van der Waals surface area contributed by atoms with Gasteiger partial charge in [-0.25, -0.2) is 4.98 Å². The normalized spacial score (nSPS) is 11.4. The van der Waals surface area contributed by atoms with Crippen molar-refractivity contribution in [2.24, 2.45) is 5.10 Å². The van der Waals surface area contributed by atoms with E-state index < -0.39 is 4.92 Å². The van der Waals surface area contributed by atoms with E-state index in [9.17, 15) is 14.9 Å². The Labute approximate surface area is 255 Å². The van der Waals surface area contributed by atoms with Gasteiger partial charge in [-0.3, -0.25) is 14.9 Å². The number of benzene rings is 4. The highest BCUT2D eigenvalue weighted by molar-refractivity contribution is 5.85. The fraction of sp³-hybridized carbons (Fsp3) is 0.229. The van der Waals surface area contributed by atoms with Crippen molar-refractivity contribution in [2.45, 2.75) is 47.1 Å². The summed E-state index contributed by atoms with van der Waals surface area (Å²) in [7, 11) is 0. The van der Waals surface area contributed by atoms with Gasteiger partial charge in [0, 0.05) is 23.3 Å². The van der Waals surface area contributed by atoms with Crippen LogP contribution in [0, 0.1) is 24.0 Å². The maximum Gasteiger partial charge on any atom is 0.282 e. The number of para-hydroxylation sites is 1. The van der Waals surface area contributed by atoms with Crippen LogP contribution in [0.5, 0.6) is 11.5 Å². The molecule has 44 heavy (non-hydrogen) atoms. The molecule has 1 heterocycles. The summed E-state index contributed by atoms with van der Waals surface area (Å²) in [6.45, 7) is 10.8.